The molecule has 0 amide bonds. The molecule has 2 aromatic heterocycles. The molecular formula is C16H21BrClN5. The fraction of sp³-hybridized carbons (Fsp3) is 0.375. The van der Waals surface area contributed by atoms with Gasteiger partial charge in [-0.2, -0.15) is 9.61 Å². The predicted octanol–water partition coefficient (Wildman–Crippen LogP) is 4.06. The van der Waals surface area contributed by atoms with Crippen molar-refractivity contribution in [1.82, 2.24) is 19.9 Å². The predicted molar refractivity (Wildman–Crippen MR) is 101 cm³/mol. The first kappa shape index (κ1) is 18.0. The maximum atomic E-state index is 6.38. The highest BCUT2D eigenvalue weighted by atomic mass is 79.9. The van der Waals surface area contributed by atoms with Crippen LogP contribution in [0.15, 0.2) is 33.9 Å². The summed E-state index contributed by atoms with van der Waals surface area (Å²) < 4.78 is 2.64. The second kappa shape index (κ2) is 8.47. The van der Waals surface area contributed by atoms with Gasteiger partial charge in [0, 0.05) is 24.2 Å². The van der Waals surface area contributed by atoms with E-state index in [1.807, 2.05) is 32.2 Å². The number of halogens is 2. The Bertz CT molecular complexity index is 735. The molecule has 0 aliphatic rings. The van der Waals surface area contributed by atoms with Crippen LogP contribution in [0.2, 0.25) is 0 Å². The van der Waals surface area contributed by atoms with Gasteiger partial charge in [-0.25, -0.2) is 4.98 Å². The molecule has 0 aliphatic carbocycles. The Morgan fingerprint density at radius 2 is 2.22 bits per heavy atom. The summed E-state index contributed by atoms with van der Waals surface area (Å²) in [6, 6.07) is 1.97. The molecule has 0 fully saturated rings. The number of nitrogens with one attached hydrogen (secondary N) is 2. The Labute approximate surface area is 149 Å². The van der Waals surface area contributed by atoms with Crippen molar-refractivity contribution in [3.05, 3.63) is 39.6 Å². The van der Waals surface area contributed by atoms with Gasteiger partial charge in [-0.1, -0.05) is 24.6 Å². The van der Waals surface area contributed by atoms with Crippen LogP contribution in [-0.2, 0) is 0 Å². The second-order valence-corrected chi connectivity index (χ2v) is 6.33. The summed E-state index contributed by atoms with van der Waals surface area (Å²) in [4.78, 5) is 4.67. The lowest BCUT2D eigenvalue weighted by Gasteiger charge is -2.11. The van der Waals surface area contributed by atoms with Gasteiger partial charge in [-0.15, -0.1) is 0 Å². The number of aromatic nitrogens is 3. The van der Waals surface area contributed by atoms with Crippen LogP contribution >= 0.6 is 27.5 Å². The summed E-state index contributed by atoms with van der Waals surface area (Å²) in [5.41, 5.74) is 2.53. The number of fused-ring (bicyclic) bond motifs is 1. The number of anilines is 1. The second-order valence-electron chi connectivity index (χ2n) is 5.07. The summed E-state index contributed by atoms with van der Waals surface area (Å²) in [5.74, 6) is 0.884. The molecule has 7 heteroatoms. The smallest absolute Gasteiger partial charge is 0.172 e. The molecule has 0 aromatic carbocycles. The standard InChI is InChI=1S/C16H21BrClN5/c1-4-5-6-13(18)11(2)14-9-15(20-8-7-19-3)23-16(22-14)12(17)10-21-23/h5-6,9-10,19-20H,4,7-8H2,1-3H3/b6-5-,13-11-. The number of likely N-dealkylation sites (N-methyl/N-ethyl adjacent to an activating group) is 1. The Morgan fingerprint density at radius 3 is 2.91 bits per heavy atom. The van der Waals surface area contributed by atoms with Crippen molar-refractivity contribution in [3.63, 3.8) is 0 Å². The Kier molecular flexibility index (Phi) is 6.62. The summed E-state index contributed by atoms with van der Waals surface area (Å²) in [6.07, 6.45) is 6.64. The number of hydrogen-bond acceptors (Lipinski definition) is 4. The molecule has 5 nitrogen and oxygen atoms in total. The lowest BCUT2D eigenvalue weighted by atomic mass is 10.2. The molecule has 0 radical (unpaired) electrons. The molecular weight excluding hydrogens is 378 g/mol. The van der Waals surface area contributed by atoms with Gasteiger partial charge in [0.15, 0.2) is 5.65 Å². The maximum Gasteiger partial charge on any atom is 0.172 e. The Balaban J connectivity index is 2.48. The molecule has 0 spiro atoms. The zero-order valence-electron chi connectivity index (χ0n) is 13.5. The molecule has 2 rings (SSSR count). The summed E-state index contributed by atoms with van der Waals surface area (Å²) in [6.45, 7) is 5.70. The van der Waals surface area contributed by atoms with Crippen molar-refractivity contribution in [2.24, 2.45) is 0 Å². The van der Waals surface area contributed by atoms with Crippen LogP contribution in [0.3, 0.4) is 0 Å². The van der Waals surface area contributed by atoms with E-state index in [2.05, 4.69) is 43.6 Å². The Hall–Kier alpha value is -1.37. The first-order valence-electron chi connectivity index (χ1n) is 7.54. The molecule has 0 saturated heterocycles. The van der Waals surface area contributed by atoms with Gasteiger partial charge in [0.2, 0.25) is 0 Å². The van der Waals surface area contributed by atoms with Crippen LogP contribution in [0.5, 0.6) is 0 Å². The van der Waals surface area contributed by atoms with Gasteiger partial charge in [-0.3, -0.25) is 0 Å². The molecule has 0 unspecified atom stereocenters. The van der Waals surface area contributed by atoms with Crippen LogP contribution < -0.4 is 10.6 Å². The maximum absolute atomic E-state index is 6.38. The molecule has 2 heterocycles. The lowest BCUT2D eigenvalue weighted by molar-refractivity contribution is 0.813. The van der Waals surface area contributed by atoms with E-state index < -0.39 is 0 Å². The Morgan fingerprint density at radius 1 is 1.43 bits per heavy atom. The van der Waals surface area contributed by atoms with Crippen LogP contribution in [0.4, 0.5) is 5.82 Å². The van der Waals surface area contributed by atoms with Gasteiger partial charge in [0.1, 0.15) is 5.82 Å². The largest absolute Gasteiger partial charge is 0.369 e. The van der Waals surface area contributed by atoms with Crippen LogP contribution in [0.1, 0.15) is 26.0 Å². The van der Waals surface area contributed by atoms with Crippen molar-refractivity contribution >= 4 is 44.6 Å². The molecule has 0 atom stereocenters. The molecule has 0 aliphatic heterocycles. The number of rotatable bonds is 7. The number of allylic oxidation sites excluding steroid dienone is 4. The minimum Gasteiger partial charge on any atom is -0.369 e. The van der Waals surface area contributed by atoms with Crippen molar-refractivity contribution in [1.29, 1.82) is 0 Å². The summed E-state index contributed by atoms with van der Waals surface area (Å²) in [7, 11) is 1.92. The summed E-state index contributed by atoms with van der Waals surface area (Å²) >= 11 is 9.87. The molecule has 124 valence electrons. The average molecular weight is 399 g/mol. The highest BCUT2D eigenvalue weighted by Crippen LogP contribution is 2.26. The monoisotopic (exact) mass is 397 g/mol. The van der Waals surface area contributed by atoms with E-state index in [0.29, 0.717) is 5.03 Å². The van der Waals surface area contributed by atoms with E-state index in [1.54, 1.807) is 10.7 Å². The lowest BCUT2D eigenvalue weighted by Crippen LogP contribution is -2.19. The van der Waals surface area contributed by atoms with Crippen LogP contribution in [-0.4, -0.2) is 34.7 Å². The molecule has 2 aromatic rings. The first-order chi connectivity index (χ1) is 11.1. The van der Waals surface area contributed by atoms with E-state index in [4.69, 9.17) is 11.6 Å². The molecule has 23 heavy (non-hydrogen) atoms. The van der Waals surface area contributed by atoms with Gasteiger partial charge >= 0.3 is 0 Å². The van der Waals surface area contributed by atoms with E-state index in [-0.39, 0.29) is 0 Å². The van der Waals surface area contributed by atoms with Gasteiger partial charge < -0.3 is 10.6 Å². The third-order valence-electron chi connectivity index (χ3n) is 3.35. The molecule has 0 bridgehead atoms. The van der Waals surface area contributed by atoms with Crippen LogP contribution in [0.25, 0.3) is 11.2 Å². The van der Waals surface area contributed by atoms with Gasteiger partial charge in [0.05, 0.1) is 16.4 Å². The first-order valence-corrected chi connectivity index (χ1v) is 8.71. The highest BCUT2D eigenvalue weighted by Gasteiger charge is 2.12. The zero-order valence-corrected chi connectivity index (χ0v) is 15.9. The number of nitrogens with zero attached hydrogens (tertiary/aromatic N) is 3. The number of hydrogen-bond donors (Lipinski definition) is 2. The minimum atomic E-state index is 0.695. The van der Waals surface area contributed by atoms with Crippen molar-refractivity contribution in [2.75, 3.05) is 25.5 Å². The van der Waals surface area contributed by atoms with Crippen molar-refractivity contribution in [2.45, 2.75) is 20.3 Å². The molecule has 2 N–H and O–H groups in total. The van der Waals surface area contributed by atoms with E-state index >= 15 is 0 Å². The highest BCUT2D eigenvalue weighted by molar-refractivity contribution is 9.10. The summed E-state index contributed by atoms with van der Waals surface area (Å²) in [5, 5.41) is 11.5. The quantitative estimate of drug-likeness (QED) is 0.545. The normalized spacial score (nSPS) is 12.9. The third-order valence-corrected chi connectivity index (χ3v) is 4.32. The van der Waals surface area contributed by atoms with Crippen molar-refractivity contribution in [3.8, 4) is 0 Å². The van der Waals surface area contributed by atoms with Crippen molar-refractivity contribution < 1.29 is 0 Å². The zero-order chi connectivity index (χ0) is 16.8. The minimum absolute atomic E-state index is 0.695. The van der Waals surface area contributed by atoms with E-state index in [0.717, 1.165) is 46.7 Å². The average Bonchev–Trinajstić information content (AvgIpc) is 2.93. The fourth-order valence-electron chi connectivity index (χ4n) is 2.04. The third kappa shape index (κ3) is 4.34. The topological polar surface area (TPSA) is 54.2 Å². The molecule has 0 saturated carbocycles. The van der Waals surface area contributed by atoms with Crippen LogP contribution in [0, 0.1) is 0 Å². The van der Waals surface area contributed by atoms with Gasteiger partial charge in [-0.05, 0) is 48.0 Å². The van der Waals surface area contributed by atoms with E-state index in [1.165, 1.54) is 0 Å². The SMILES string of the molecule is CC/C=C\C(Cl)=C(/C)c1cc(NCCNC)n2ncc(Br)c2n1. The fourth-order valence-corrected chi connectivity index (χ4v) is 2.57. The van der Waals surface area contributed by atoms with E-state index in [9.17, 15) is 0 Å². The van der Waals surface area contributed by atoms with Gasteiger partial charge in [0.25, 0.3) is 0 Å².